The van der Waals surface area contributed by atoms with Crippen LogP contribution in [0.15, 0.2) is 33.7 Å². The molecule has 6 heteroatoms. The minimum atomic E-state index is -0.880. The highest BCUT2D eigenvalue weighted by molar-refractivity contribution is 9.10. The number of nitrogens with one attached hydrogen (secondary N) is 1. The van der Waals surface area contributed by atoms with Crippen molar-refractivity contribution in [2.75, 3.05) is 0 Å². The Labute approximate surface area is 125 Å². The fraction of sp³-hybridized carbons (Fsp3) is 0.357. The van der Waals surface area contributed by atoms with Gasteiger partial charge in [0.1, 0.15) is 11.8 Å². The molecule has 2 unspecified atom stereocenters. The van der Waals surface area contributed by atoms with Crippen LogP contribution in [0.2, 0.25) is 0 Å². The number of benzene rings is 1. The van der Waals surface area contributed by atoms with Gasteiger partial charge in [-0.05, 0) is 24.1 Å². The minimum Gasteiger partial charge on any atom is -0.327 e. The smallest absolute Gasteiger partial charge is 0.264 e. The number of hydrogen-bond acceptors (Lipinski definition) is 3. The number of nitrogens with zero attached hydrogens (tertiary/aromatic N) is 1. The summed E-state index contributed by atoms with van der Waals surface area (Å²) >= 11 is 3.33. The molecule has 1 aliphatic rings. The molecule has 0 aromatic heterocycles. The summed E-state index contributed by atoms with van der Waals surface area (Å²) < 4.78 is 0.818. The van der Waals surface area contributed by atoms with Gasteiger partial charge in [0.05, 0.1) is 0 Å². The van der Waals surface area contributed by atoms with Crippen LogP contribution in [-0.2, 0) is 9.59 Å². The summed E-state index contributed by atoms with van der Waals surface area (Å²) in [5.41, 5.74) is 6.44. The molecule has 0 fully saturated rings. The van der Waals surface area contributed by atoms with Crippen LogP contribution in [-0.4, -0.2) is 23.7 Å². The van der Waals surface area contributed by atoms with E-state index in [1.807, 2.05) is 13.0 Å². The molecular formula is C14H16BrN3O2. The van der Waals surface area contributed by atoms with Gasteiger partial charge in [0.15, 0.2) is 0 Å². The molecule has 0 radical (unpaired) electrons. The second-order valence-electron chi connectivity index (χ2n) is 4.75. The average molecular weight is 338 g/mol. The highest BCUT2D eigenvalue weighted by atomic mass is 79.9. The van der Waals surface area contributed by atoms with Crippen molar-refractivity contribution in [3.63, 3.8) is 0 Å². The lowest BCUT2D eigenvalue weighted by Crippen LogP contribution is -2.44. The number of hydrogen-bond donors (Lipinski definition) is 2. The molecule has 1 aromatic carbocycles. The molecule has 1 aromatic rings. The van der Waals surface area contributed by atoms with E-state index in [-0.39, 0.29) is 11.9 Å². The first-order valence-electron chi connectivity index (χ1n) is 6.44. The molecule has 1 aliphatic heterocycles. The van der Waals surface area contributed by atoms with E-state index in [0.717, 1.165) is 10.9 Å². The summed E-state index contributed by atoms with van der Waals surface area (Å²) in [5, 5.41) is 2.67. The number of amidine groups is 1. The van der Waals surface area contributed by atoms with E-state index < -0.39 is 11.8 Å². The van der Waals surface area contributed by atoms with Gasteiger partial charge in [-0.15, -0.1) is 0 Å². The molecule has 0 aliphatic carbocycles. The molecule has 5 nitrogen and oxygen atoms in total. The quantitative estimate of drug-likeness (QED) is 0.820. The Morgan fingerprint density at radius 1 is 1.45 bits per heavy atom. The molecule has 2 atom stereocenters. The Morgan fingerprint density at radius 2 is 2.20 bits per heavy atom. The lowest BCUT2D eigenvalue weighted by atomic mass is 9.96. The summed E-state index contributed by atoms with van der Waals surface area (Å²) in [4.78, 5) is 28.2. The largest absolute Gasteiger partial charge is 0.327 e. The molecule has 1 heterocycles. The lowest BCUT2D eigenvalue weighted by Gasteiger charge is -2.21. The zero-order chi connectivity index (χ0) is 14.7. The highest BCUT2D eigenvalue weighted by Gasteiger charge is 2.33. The first kappa shape index (κ1) is 14.9. The van der Waals surface area contributed by atoms with Gasteiger partial charge in [-0.25, -0.2) is 0 Å². The maximum absolute atomic E-state index is 12.1. The van der Waals surface area contributed by atoms with Crippen LogP contribution < -0.4 is 11.1 Å². The number of nitrogens with two attached hydrogens (primary N) is 1. The van der Waals surface area contributed by atoms with Crippen molar-refractivity contribution in [1.29, 1.82) is 0 Å². The van der Waals surface area contributed by atoms with Crippen molar-refractivity contribution in [3.05, 3.63) is 34.3 Å². The second-order valence-corrected chi connectivity index (χ2v) is 5.66. The van der Waals surface area contributed by atoms with E-state index >= 15 is 0 Å². The van der Waals surface area contributed by atoms with Crippen LogP contribution in [0.3, 0.4) is 0 Å². The normalized spacial score (nSPS) is 20.4. The van der Waals surface area contributed by atoms with Crippen LogP contribution >= 0.6 is 15.9 Å². The number of amides is 2. The van der Waals surface area contributed by atoms with Gasteiger partial charge in [0, 0.05) is 16.9 Å². The van der Waals surface area contributed by atoms with Gasteiger partial charge < -0.3 is 11.1 Å². The number of carbonyl (C=O) groups excluding carboxylic acids is 2. The molecule has 0 bridgehead atoms. The summed E-state index contributed by atoms with van der Waals surface area (Å²) in [6.07, 6.45) is 1.16. The zero-order valence-electron chi connectivity index (χ0n) is 11.1. The monoisotopic (exact) mass is 337 g/mol. The SMILES string of the molecule is CCC(N)CC1=NC(=O)C(c2cccc(Br)c2)C(=O)N1. The molecule has 106 valence electrons. The van der Waals surface area contributed by atoms with Gasteiger partial charge in [-0.2, -0.15) is 4.99 Å². The van der Waals surface area contributed by atoms with Crippen LogP contribution in [0, 0.1) is 0 Å². The fourth-order valence-electron chi connectivity index (χ4n) is 2.02. The molecule has 2 amide bonds. The number of carbonyl (C=O) groups is 2. The van der Waals surface area contributed by atoms with Crippen molar-refractivity contribution in [2.45, 2.75) is 31.7 Å². The second kappa shape index (κ2) is 6.28. The summed E-state index contributed by atoms with van der Waals surface area (Å²) in [5.74, 6) is -1.30. The molecule has 0 saturated carbocycles. The molecule has 20 heavy (non-hydrogen) atoms. The van der Waals surface area contributed by atoms with E-state index in [1.54, 1.807) is 18.2 Å². The first-order chi connectivity index (χ1) is 9.51. The highest BCUT2D eigenvalue weighted by Crippen LogP contribution is 2.23. The topological polar surface area (TPSA) is 84.5 Å². The van der Waals surface area contributed by atoms with E-state index in [4.69, 9.17) is 5.73 Å². The van der Waals surface area contributed by atoms with Gasteiger partial charge in [-0.1, -0.05) is 35.0 Å². The Hall–Kier alpha value is -1.53. The average Bonchev–Trinajstić information content (AvgIpc) is 2.37. The Balaban J connectivity index is 2.23. The Morgan fingerprint density at radius 3 is 2.80 bits per heavy atom. The molecule has 0 saturated heterocycles. The lowest BCUT2D eigenvalue weighted by molar-refractivity contribution is -0.129. The standard InChI is InChI=1S/C14H16BrN3O2/c1-2-10(16)7-11-17-13(19)12(14(20)18-11)8-4-3-5-9(15)6-8/h3-6,10,12H,2,7,16H2,1H3,(H,17,18,19,20). The van der Waals surface area contributed by atoms with Gasteiger partial charge in [0.25, 0.3) is 5.91 Å². The third kappa shape index (κ3) is 3.32. The maximum Gasteiger partial charge on any atom is 0.264 e. The van der Waals surface area contributed by atoms with E-state index in [0.29, 0.717) is 17.8 Å². The van der Waals surface area contributed by atoms with Crippen LogP contribution in [0.25, 0.3) is 0 Å². The van der Waals surface area contributed by atoms with Gasteiger partial charge >= 0.3 is 0 Å². The molecule has 0 spiro atoms. The third-order valence-corrected chi connectivity index (χ3v) is 3.68. The zero-order valence-corrected chi connectivity index (χ0v) is 12.7. The third-order valence-electron chi connectivity index (χ3n) is 3.18. The van der Waals surface area contributed by atoms with Gasteiger partial charge in [0.2, 0.25) is 5.91 Å². The summed E-state index contributed by atoms with van der Waals surface area (Å²) in [6.45, 7) is 1.95. The van der Waals surface area contributed by atoms with Crippen LogP contribution in [0.1, 0.15) is 31.2 Å². The number of rotatable bonds is 4. The fourth-order valence-corrected chi connectivity index (χ4v) is 2.44. The Bertz CT molecular complexity index is 571. The first-order valence-corrected chi connectivity index (χ1v) is 7.24. The van der Waals surface area contributed by atoms with Crippen LogP contribution in [0.5, 0.6) is 0 Å². The minimum absolute atomic E-state index is 0.107. The van der Waals surface area contributed by atoms with Crippen LogP contribution in [0.4, 0.5) is 0 Å². The summed E-state index contributed by atoms with van der Waals surface area (Å²) in [7, 11) is 0. The van der Waals surface area contributed by atoms with Gasteiger partial charge in [-0.3, -0.25) is 9.59 Å². The summed E-state index contributed by atoms with van der Waals surface area (Å²) in [6, 6.07) is 7.01. The van der Waals surface area contributed by atoms with Crippen molar-refractivity contribution < 1.29 is 9.59 Å². The Kier molecular flexibility index (Phi) is 4.67. The predicted molar refractivity (Wildman–Crippen MR) is 80.4 cm³/mol. The maximum atomic E-state index is 12.1. The van der Waals surface area contributed by atoms with E-state index in [9.17, 15) is 9.59 Å². The number of aliphatic imine (C=N–C) groups is 1. The van der Waals surface area contributed by atoms with Crippen molar-refractivity contribution in [3.8, 4) is 0 Å². The predicted octanol–water partition coefficient (Wildman–Crippen LogP) is 1.71. The van der Waals surface area contributed by atoms with Crippen molar-refractivity contribution in [1.82, 2.24) is 5.32 Å². The van der Waals surface area contributed by atoms with E-state index in [2.05, 4.69) is 26.2 Å². The number of halogens is 1. The van der Waals surface area contributed by atoms with Crippen molar-refractivity contribution >= 4 is 33.6 Å². The molecular weight excluding hydrogens is 322 g/mol. The molecule has 3 N–H and O–H groups in total. The molecule has 2 rings (SSSR count). The van der Waals surface area contributed by atoms with Crippen molar-refractivity contribution in [2.24, 2.45) is 10.7 Å². The van der Waals surface area contributed by atoms with E-state index in [1.165, 1.54) is 0 Å².